The zero-order valence-electron chi connectivity index (χ0n) is 8.91. The average Bonchev–Trinajstić information content (AvgIpc) is 2.66. The van der Waals surface area contributed by atoms with Crippen LogP contribution in [0.1, 0.15) is 38.5 Å². The number of ketones is 1. The molecule has 0 aromatic carbocycles. The predicted molar refractivity (Wildman–Crippen MR) is 54.6 cm³/mol. The summed E-state index contributed by atoms with van der Waals surface area (Å²) in [5.41, 5.74) is 0. The highest BCUT2D eigenvalue weighted by atomic mass is 16.6. The first kappa shape index (κ1) is 10.5. The lowest BCUT2D eigenvalue weighted by atomic mass is 9.98. The van der Waals surface area contributed by atoms with Gasteiger partial charge in [0.1, 0.15) is 6.10 Å². The zero-order valence-corrected chi connectivity index (χ0v) is 8.91. The molecule has 2 aliphatic rings. The molecular formula is C11H17NO3. The van der Waals surface area contributed by atoms with Crippen LogP contribution in [-0.4, -0.2) is 36.0 Å². The molecule has 2 rings (SSSR count). The molecule has 1 aliphatic heterocycles. The van der Waals surface area contributed by atoms with Crippen LogP contribution in [0.3, 0.4) is 0 Å². The summed E-state index contributed by atoms with van der Waals surface area (Å²) in [5, 5.41) is 0. The van der Waals surface area contributed by atoms with Gasteiger partial charge in [0.25, 0.3) is 0 Å². The molecule has 4 nitrogen and oxygen atoms in total. The molecule has 0 aromatic rings. The Morgan fingerprint density at radius 3 is 2.60 bits per heavy atom. The number of Topliss-reactive ketones (excluding diaryl/α,β-unsaturated/α-hetero) is 1. The highest BCUT2D eigenvalue weighted by molar-refractivity contribution is 5.87. The molecule has 4 heteroatoms. The fourth-order valence-corrected chi connectivity index (χ4v) is 2.19. The van der Waals surface area contributed by atoms with Gasteiger partial charge in [-0.1, -0.05) is 6.42 Å². The van der Waals surface area contributed by atoms with E-state index in [1.165, 1.54) is 11.3 Å². The van der Waals surface area contributed by atoms with Crippen molar-refractivity contribution in [2.75, 3.05) is 13.1 Å². The molecule has 15 heavy (non-hydrogen) atoms. The fraction of sp³-hybridized carbons (Fsp3) is 0.818. The SMILES string of the molecule is O=C1CCN(C(=O)OC2CCCCC2)C1. The number of amides is 1. The van der Waals surface area contributed by atoms with Gasteiger partial charge in [0.05, 0.1) is 6.54 Å². The molecule has 2 fully saturated rings. The zero-order chi connectivity index (χ0) is 10.7. The van der Waals surface area contributed by atoms with Crippen molar-refractivity contribution in [2.24, 2.45) is 0 Å². The monoisotopic (exact) mass is 211 g/mol. The molecule has 1 amide bonds. The Morgan fingerprint density at radius 2 is 2.00 bits per heavy atom. The van der Waals surface area contributed by atoms with Gasteiger partial charge in [0.15, 0.2) is 5.78 Å². The van der Waals surface area contributed by atoms with Gasteiger partial charge in [-0.25, -0.2) is 4.79 Å². The molecule has 0 unspecified atom stereocenters. The van der Waals surface area contributed by atoms with E-state index in [-0.39, 0.29) is 24.5 Å². The summed E-state index contributed by atoms with van der Waals surface area (Å²) in [6, 6.07) is 0. The minimum Gasteiger partial charge on any atom is -0.446 e. The van der Waals surface area contributed by atoms with E-state index in [1.54, 1.807) is 0 Å². The average molecular weight is 211 g/mol. The topological polar surface area (TPSA) is 46.6 Å². The third-order valence-electron chi connectivity index (χ3n) is 3.11. The van der Waals surface area contributed by atoms with Gasteiger partial charge in [0, 0.05) is 13.0 Å². The number of carbonyl (C=O) groups is 2. The maximum absolute atomic E-state index is 11.6. The molecule has 1 saturated carbocycles. The van der Waals surface area contributed by atoms with Gasteiger partial charge >= 0.3 is 6.09 Å². The van der Waals surface area contributed by atoms with E-state index in [0.717, 1.165) is 25.7 Å². The molecule has 0 atom stereocenters. The van der Waals surface area contributed by atoms with Gasteiger partial charge in [-0.05, 0) is 25.7 Å². The number of likely N-dealkylation sites (tertiary alicyclic amines) is 1. The van der Waals surface area contributed by atoms with Crippen molar-refractivity contribution in [1.29, 1.82) is 0 Å². The fourth-order valence-electron chi connectivity index (χ4n) is 2.19. The summed E-state index contributed by atoms with van der Waals surface area (Å²) >= 11 is 0. The van der Waals surface area contributed by atoms with Crippen LogP contribution in [0.4, 0.5) is 4.79 Å². The minimum atomic E-state index is -0.298. The van der Waals surface area contributed by atoms with Crippen molar-refractivity contribution < 1.29 is 14.3 Å². The summed E-state index contributed by atoms with van der Waals surface area (Å²) in [4.78, 5) is 24.1. The largest absolute Gasteiger partial charge is 0.446 e. The Bertz CT molecular complexity index is 259. The third-order valence-corrected chi connectivity index (χ3v) is 3.11. The summed E-state index contributed by atoms with van der Waals surface area (Å²) < 4.78 is 5.36. The highest BCUT2D eigenvalue weighted by Crippen LogP contribution is 2.21. The quantitative estimate of drug-likeness (QED) is 0.663. The lowest BCUT2D eigenvalue weighted by molar-refractivity contribution is -0.116. The standard InChI is InChI=1S/C11H17NO3/c13-9-6-7-12(8-9)11(14)15-10-4-2-1-3-5-10/h10H,1-8H2. The minimum absolute atomic E-state index is 0.0851. The van der Waals surface area contributed by atoms with E-state index in [4.69, 9.17) is 4.74 Å². The maximum Gasteiger partial charge on any atom is 0.410 e. The molecule has 0 spiro atoms. The molecule has 0 N–H and O–H groups in total. The molecule has 0 bridgehead atoms. The first-order valence-electron chi connectivity index (χ1n) is 5.73. The number of nitrogens with zero attached hydrogens (tertiary/aromatic N) is 1. The van der Waals surface area contributed by atoms with Crippen LogP contribution in [0.25, 0.3) is 0 Å². The maximum atomic E-state index is 11.6. The summed E-state index contributed by atoms with van der Waals surface area (Å²) in [5.74, 6) is 0.135. The molecule has 1 aliphatic carbocycles. The van der Waals surface area contributed by atoms with Crippen molar-refractivity contribution in [3.05, 3.63) is 0 Å². The van der Waals surface area contributed by atoms with Crippen LogP contribution < -0.4 is 0 Å². The molecule has 1 saturated heterocycles. The van der Waals surface area contributed by atoms with E-state index < -0.39 is 0 Å². The lowest BCUT2D eigenvalue weighted by Gasteiger charge is -2.24. The summed E-state index contributed by atoms with van der Waals surface area (Å²) in [7, 11) is 0. The van der Waals surface area contributed by atoms with Gasteiger partial charge in [-0.3, -0.25) is 4.79 Å². The molecule has 84 valence electrons. The number of ether oxygens (including phenoxy) is 1. The Kier molecular flexibility index (Phi) is 3.23. The van der Waals surface area contributed by atoms with Gasteiger partial charge < -0.3 is 9.64 Å². The molecule has 0 aromatic heterocycles. The number of rotatable bonds is 1. The Morgan fingerprint density at radius 1 is 1.27 bits per heavy atom. The Balaban J connectivity index is 1.78. The van der Waals surface area contributed by atoms with E-state index in [9.17, 15) is 9.59 Å². The van der Waals surface area contributed by atoms with Crippen molar-refractivity contribution in [3.8, 4) is 0 Å². The van der Waals surface area contributed by atoms with Crippen molar-refractivity contribution in [1.82, 2.24) is 4.90 Å². The second-order valence-corrected chi connectivity index (χ2v) is 4.35. The number of hydrogen-bond donors (Lipinski definition) is 0. The van der Waals surface area contributed by atoms with E-state index in [2.05, 4.69) is 0 Å². The lowest BCUT2D eigenvalue weighted by Crippen LogP contribution is -2.33. The molecule has 0 radical (unpaired) electrons. The van der Waals surface area contributed by atoms with Crippen molar-refractivity contribution >= 4 is 11.9 Å². The van der Waals surface area contributed by atoms with Gasteiger partial charge in [0.2, 0.25) is 0 Å². The van der Waals surface area contributed by atoms with Crippen LogP contribution in [0.2, 0.25) is 0 Å². The van der Waals surface area contributed by atoms with Crippen LogP contribution in [0, 0.1) is 0 Å². The first-order valence-corrected chi connectivity index (χ1v) is 5.73. The van der Waals surface area contributed by atoms with Crippen LogP contribution in [-0.2, 0) is 9.53 Å². The van der Waals surface area contributed by atoms with Crippen molar-refractivity contribution in [2.45, 2.75) is 44.6 Å². The summed E-state index contributed by atoms with van der Waals surface area (Å²) in [6.07, 6.45) is 5.78. The van der Waals surface area contributed by atoms with E-state index >= 15 is 0 Å². The first-order chi connectivity index (χ1) is 7.25. The molecule has 1 heterocycles. The number of carbonyl (C=O) groups excluding carboxylic acids is 2. The van der Waals surface area contributed by atoms with Gasteiger partial charge in [-0.15, -0.1) is 0 Å². The van der Waals surface area contributed by atoms with Crippen LogP contribution >= 0.6 is 0 Å². The normalized spacial score (nSPS) is 23.2. The second-order valence-electron chi connectivity index (χ2n) is 4.35. The third kappa shape index (κ3) is 2.70. The predicted octanol–water partition coefficient (Wildman–Crippen LogP) is 1.73. The molecular weight excluding hydrogens is 194 g/mol. The van der Waals surface area contributed by atoms with Gasteiger partial charge in [-0.2, -0.15) is 0 Å². The summed E-state index contributed by atoms with van der Waals surface area (Å²) in [6.45, 7) is 0.774. The van der Waals surface area contributed by atoms with E-state index in [0.29, 0.717) is 13.0 Å². The van der Waals surface area contributed by atoms with Crippen molar-refractivity contribution in [3.63, 3.8) is 0 Å². The second kappa shape index (κ2) is 4.64. The van der Waals surface area contributed by atoms with E-state index in [1.807, 2.05) is 0 Å². The Labute approximate surface area is 89.6 Å². The van der Waals surface area contributed by atoms with Crippen LogP contribution in [0.5, 0.6) is 0 Å². The van der Waals surface area contributed by atoms with Crippen LogP contribution in [0.15, 0.2) is 0 Å². The highest BCUT2D eigenvalue weighted by Gasteiger charge is 2.27. The number of hydrogen-bond acceptors (Lipinski definition) is 3. The Hall–Kier alpha value is -1.06. The smallest absolute Gasteiger partial charge is 0.410 e.